The van der Waals surface area contributed by atoms with E-state index in [9.17, 15) is 0 Å². The van der Waals surface area contributed by atoms with Crippen LogP contribution in [-0.4, -0.2) is 6.61 Å². The molecule has 0 spiro atoms. The zero-order valence-corrected chi connectivity index (χ0v) is 14.1. The molecule has 2 aromatic rings. The third-order valence-electron chi connectivity index (χ3n) is 3.13. The van der Waals surface area contributed by atoms with Crippen LogP contribution in [0, 0.1) is 0 Å². The second-order valence-electron chi connectivity index (χ2n) is 4.65. The number of hydrogen-bond acceptors (Lipinski definition) is 3. The van der Waals surface area contributed by atoms with Gasteiger partial charge in [0.15, 0.2) is 0 Å². The van der Waals surface area contributed by atoms with E-state index in [1.54, 1.807) is 0 Å². The standard InChI is InChI=1S/C16H18BrClN2O/c1-2-9-21-15-6-4-3-5-13(15)16(20-19)12-8-7-11(18)10-14(12)17/h3-8,10,16,20H,2,9,19H2,1H3. The van der Waals surface area contributed by atoms with Crippen molar-refractivity contribution < 1.29 is 4.74 Å². The molecule has 21 heavy (non-hydrogen) atoms. The van der Waals surface area contributed by atoms with Gasteiger partial charge in [0.05, 0.1) is 12.6 Å². The van der Waals surface area contributed by atoms with E-state index in [1.807, 2.05) is 42.5 Å². The van der Waals surface area contributed by atoms with Crippen LogP contribution in [-0.2, 0) is 0 Å². The maximum Gasteiger partial charge on any atom is 0.124 e. The number of rotatable bonds is 6. The first-order chi connectivity index (χ1) is 10.2. The minimum Gasteiger partial charge on any atom is -0.493 e. The van der Waals surface area contributed by atoms with E-state index >= 15 is 0 Å². The molecule has 0 bridgehead atoms. The van der Waals surface area contributed by atoms with Crippen molar-refractivity contribution in [2.45, 2.75) is 19.4 Å². The average Bonchev–Trinajstić information content (AvgIpc) is 2.49. The Balaban J connectivity index is 2.41. The van der Waals surface area contributed by atoms with Crippen molar-refractivity contribution in [3.05, 3.63) is 63.1 Å². The lowest BCUT2D eigenvalue weighted by molar-refractivity contribution is 0.311. The van der Waals surface area contributed by atoms with Gasteiger partial charge in [0.2, 0.25) is 0 Å². The van der Waals surface area contributed by atoms with Crippen molar-refractivity contribution >= 4 is 27.5 Å². The fourth-order valence-corrected chi connectivity index (χ4v) is 3.06. The van der Waals surface area contributed by atoms with Crippen LogP contribution >= 0.6 is 27.5 Å². The summed E-state index contributed by atoms with van der Waals surface area (Å²) in [5.41, 5.74) is 4.86. The molecule has 5 heteroatoms. The monoisotopic (exact) mass is 368 g/mol. The predicted octanol–water partition coefficient (Wildman–Crippen LogP) is 4.44. The zero-order valence-electron chi connectivity index (χ0n) is 11.8. The molecule has 0 aliphatic heterocycles. The summed E-state index contributed by atoms with van der Waals surface area (Å²) in [6.45, 7) is 2.76. The topological polar surface area (TPSA) is 47.3 Å². The molecule has 2 aromatic carbocycles. The quantitative estimate of drug-likeness (QED) is 0.584. The molecule has 0 amide bonds. The minimum absolute atomic E-state index is 0.176. The van der Waals surface area contributed by atoms with Crippen LogP contribution in [0.3, 0.4) is 0 Å². The van der Waals surface area contributed by atoms with Gasteiger partial charge in [0, 0.05) is 15.1 Å². The lowest BCUT2D eigenvalue weighted by atomic mass is 9.98. The van der Waals surface area contributed by atoms with Gasteiger partial charge in [-0.15, -0.1) is 0 Å². The van der Waals surface area contributed by atoms with Gasteiger partial charge in [-0.3, -0.25) is 5.84 Å². The van der Waals surface area contributed by atoms with Crippen molar-refractivity contribution in [3.63, 3.8) is 0 Å². The molecule has 112 valence electrons. The summed E-state index contributed by atoms with van der Waals surface area (Å²) in [5.74, 6) is 6.62. The third-order valence-corrected chi connectivity index (χ3v) is 4.05. The molecule has 0 radical (unpaired) electrons. The van der Waals surface area contributed by atoms with E-state index in [-0.39, 0.29) is 6.04 Å². The summed E-state index contributed by atoms with van der Waals surface area (Å²) in [6.07, 6.45) is 0.958. The van der Waals surface area contributed by atoms with Gasteiger partial charge in [-0.1, -0.05) is 58.7 Å². The van der Waals surface area contributed by atoms with E-state index in [4.69, 9.17) is 22.2 Å². The van der Waals surface area contributed by atoms with E-state index in [1.165, 1.54) is 0 Å². The van der Waals surface area contributed by atoms with Gasteiger partial charge in [0.1, 0.15) is 5.75 Å². The summed E-state index contributed by atoms with van der Waals surface area (Å²) in [5, 5.41) is 0.678. The molecular weight excluding hydrogens is 352 g/mol. The molecule has 3 nitrogen and oxygen atoms in total. The molecule has 3 N–H and O–H groups in total. The van der Waals surface area contributed by atoms with Gasteiger partial charge < -0.3 is 4.74 Å². The van der Waals surface area contributed by atoms with Gasteiger partial charge >= 0.3 is 0 Å². The zero-order chi connectivity index (χ0) is 15.2. The second kappa shape index (κ2) is 7.80. The number of ether oxygens (including phenoxy) is 1. The molecule has 0 saturated heterocycles. The van der Waals surface area contributed by atoms with Gasteiger partial charge in [-0.2, -0.15) is 0 Å². The smallest absolute Gasteiger partial charge is 0.124 e. The van der Waals surface area contributed by atoms with Crippen LogP contribution in [0.5, 0.6) is 5.75 Å². The van der Waals surface area contributed by atoms with Crippen LogP contribution in [0.25, 0.3) is 0 Å². The fourth-order valence-electron chi connectivity index (χ4n) is 2.15. The summed E-state index contributed by atoms with van der Waals surface area (Å²) in [7, 11) is 0. The molecule has 0 saturated carbocycles. The fraction of sp³-hybridized carbons (Fsp3) is 0.250. The number of para-hydroxylation sites is 1. The summed E-state index contributed by atoms with van der Waals surface area (Å²) < 4.78 is 6.72. The van der Waals surface area contributed by atoms with Crippen molar-refractivity contribution in [1.82, 2.24) is 5.43 Å². The molecule has 0 aliphatic carbocycles. The maximum absolute atomic E-state index is 6.00. The van der Waals surface area contributed by atoms with Crippen LogP contribution < -0.4 is 16.0 Å². The summed E-state index contributed by atoms with van der Waals surface area (Å²) >= 11 is 9.55. The molecule has 1 atom stereocenters. The number of nitrogens with one attached hydrogen (secondary N) is 1. The molecule has 0 aliphatic rings. The highest BCUT2D eigenvalue weighted by atomic mass is 79.9. The first-order valence-corrected chi connectivity index (χ1v) is 7.97. The lowest BCUT2D eigenvalue weighted by Crippen LogP contribution is -2.29. The Labute approximate surface area is 138 Å². The Morgan fingerprint density at radius 2 is 2.00 bits per heavy atom. The first-order valence-electron chi connectivity index (χ1n) is 6.80. The normalized spacial score (nSPS) is 12.2. The molecular formula is C16H18BrClN2O. The third kappa shape index (κ3) is 3.98. The maximum atomic E-state index is 6.00. The van der Waals surface area contributed by atoms with Gasteiger partial charge in [-0.25, -0.2) is 5.43 Å². The van der Waals surface area contributed by atoms with E-state index in [2.05, 4.69) is 28.3 Å². The summed E-state index contributed by atoms with van der Waals surface area (Å²) in [6, 6.07) is 13.4. The second-order valence-corrected chi connectivity index (χ2v) is 5.94. The number of hydrazine groups is 1. The number of nitrogens with two attached hydrogens (primary N) is 1. The van der Waals surface area contributed by atoms with Crippen LogP contribution in [0.2, 0.25) is 5.02 Å². The van der Waals surface area contributed by atoms with E-state index in [0.29, 0.717) is 11.6 Å². The minimum atomic E-state index is -0.176. The Morgan fingerprint density at radius 3 is 2.67 bits per heavy atom. The largest absolute Gasteiger partial charge is 0.493 e. The molecule has 0 fully saturated rings. The van der Waals surface area contributed by atoms with E-state index in [0.717, 1.165) is 27.8 Å². The van der Waals surface area contributed by atoms with Crippen LogP contribution in [0.1, 0.15) is 30.5 Å². The number of hydrogen-bond donors (Lipinski definition) is 2. The molecule has 2 rings (SSSR count). The number of halogens is 2. The highest BCUT2D eigenvalue weighted by molar-refractivity contribution is 9.10. The molecule has 0 heterocycles. The molecule has 1 unspecified atom stereocenters. The number of benzene rings is 2. The average molecular weight is 370 g/mol. The lowest BCUT2D eigenvalue weighted by Gasteiger charge is -2.21. The highest BCUT2D eigenvalue weighted by Gasteiger charge is 2.19. The van der Waals surface area contributed by atoms with Crippen molar-refractivity contribution in [2.75, 3.05) is 6.61 Å². The Hall–Kier alpha value is -1.07. The van der Waals surface area contributed by atoms with Crippen molar-refractivity contribution in [1.29, 1.82) is 0 Å². The highest BCUT2D eigenvalue weighted by Crippen LogP contribution is 2.34. The SMILES string of the molecule is CCCOc1ccccc1C(NN)c1ccc(Cl)cc1Br. The predicted molar refractivity (Wildman–Crippen MR) is 90.5 cm³/mol. The first kappa shape index (κ1) is 16.3. The van der Waals surface area contributed by atoms with Gasteiger partial charge in [-0.05, 0) is 30.2 Å². The Bertz CT molecular complexity index is 607. The van der Waals surface area contributed by atoms with E-state index < -0.39 is 0 Å². The summed E-state index contributed by atoms with van der Waals surface area (Å²) in [4.78, 5) is 0. The van der Waals surface area contributed by atoms with Crippen molar-refractivity contribution in [3.8, 4) is 5.75 Å². The van der Waals surface area contributed by atoms with Gasteiger partial charge in [0.25, 0.3) is 0 Å². The van der Waals surface area contributed by atoms with Crippen LogP contribution in [0.15, 0.2) is 46.9 Å². The Morgan fingerprint density at radius 1 is 1.24 bits per heavy atom. The molecule has 0 aromatic heterocycles. The van der Waals surface area contributed by atoms with Crippen LogP contribution in [0.4, 0.5) is 0 Å². The Kier molecular flexibility index (Phi) is 6.06. The van der Waals surface area contributed by atoms with Crippen molar-refractivity contribution in [2.24, 2.45) is 5.84 Å².